The standard InChI is InChI=1S/C20H17N5/c1-2-5-16(6-3-1)17-11-9-15(10-12-17)14-21-19-8-4-7-18(13-19)20-22-24-25-23-20/h1-13,21H,14H2,(H,22,23,24,25). The maximum atomic E-state index is 4.01. The first kappa shape index (κ1) is 15.1. The molecule has 2 N–H and O–H groups in total. The molecule has 1 heterocycles. The third-order valence-corrected chi connectivity index (χ3v) is 4.02. The maximum absolute atomic E-state index is 4.01. The van der Waals surface area contributed by atoms with E-state index in [1.165, 1.54) is 16.7 Å². The molecule has 5 nitrogen and oxygen atoms in total. The van der Waals surface area contributed by atoms with Gasteiger partial charge in [0.1, 0.15) is 0 Å². The summed E-state index contributed by atoms with van der Waals surface area (Å²) in [7, 11) is 0. The molecular weight excluding hydrogens is 310 g/mol. The predicted molar refractivity (Wildman–Crippen MR) is 98.8 cm³/mol. The summed E-state index contributed by atoms with van der Waals surface area (Å²) < 4.78 is 0. The van der Waals surface area contributed by atoms with Crippen molar-refractivity contribution in [2.45, 2.75) is 6.54 Å². The van der Waals surface area contributed by atoms with Crippen molar-refractivity contribution in [3.8, 4) is 22.5 Å². The fourth-order valence-electron chi connectivity index (χ4n) is 2.70. The summed E-state index contributed by atoms with van der Waals surface area (Å²) in [5.74, 6) is 0.593. The highest BCUT2D eigenvalue weighted by Crippen LogP contribution is 2.21. The normalized spacial score (nSPS) is 10.6. The molecule has 0 amide bonds. The summed E-state index contributed by atoms with van der Waals surface area (Å²) in [5.41, 5.74) is 5.63. The Kier molecular flexibility index (Phi) is 4.20. The Morgan fingerprint density at radius 1 is 0.760 bits per heavy atom. The van der Waals surface area contributed by atoms with Gasteiger partial charge in [-0.15, -0.1) is 10.2 Å². The molecule has 25 heavy (non-hydrogen) atoms. The van der Waals surface area contributed by atoms with Crippen LogP contribution in [0.1, 0.15) is 5.56 Å². The second kappa shape index (κ2) is 6.97. The Morgan fingerprint density at radius 2 is 1.52 bits per heavy atom. The number of H-pyrrole nitrogens is 1. The van der Waals surface area contributed by atoms with Gasteiger partial charge in [-0.3, -0.25) is 0 Å². The van der Waals surface area contributed by atoms with Crippen molar-refractivity contribution >= 4 is 5.69 Å². The maximum Gasteiger partial charge on any atom is 0.204 e. The van der Waals surface area contributed by atoms with Gasteiger partial charge in [-0.2, -0.15) is 5.21 Å². The zero-order valence-electron chi connectivity index (χ0n) is 13.6. The highest BCUT2D eigenvalue weighted by molar-refractivity contribution is 5.64. The first-order valence-corrected chi connectivity index (χ1v) is 8.10. The topological polar surface area (TPSA) is 66.5 Å². The van der Waals surface area contributed by atoms with Crippen LogP contribution in [-0.2, 0) is 6.54 Å². The smallest absolute Gasteiger partial charge is 0.204 e. The molecule has 0 aliphatic heterocycles. The van der Waals surface area contributed by atoms with Gasteiger partial charge in [-0.25, -0.2) is 0 Å². The summed E-state index contributed by atoms with van der Waals surface area (Å²) in [5, 5.41) is 17.5. The molecule has 1 aromatic heterocycles. The summed E-state index contributed by atoms with van der Waals surface area (Å²) in [6.07, 6.45) is 0. The number of hydrogen-bond donors (Lipinski definition) is 2. The number of rotatable bonds is 5. The second-order valence-electron chi connectivity index (χ2n) is 5.73. The number of anilines is 1. The van der Waals surface area contributed by atoms with Crippen molar-refractivity contribution < 1.29 is 0 Å². The van der Waals surface area contributed by atoms with Crippen LogP contribution < -0.4 is 5.32 Å². The van der Waals surface area contributed by atoms with Crippen LogP contribution in [0.25, 0.3) is 22.5 Å². The van der Waals surface area contributed by atoms with Gasteiger partial charge in [-0.1, -0.05) is 66.7 Å². The van der Waals surface area contributed by atoms with E-state index in [0.29, 0.717) is 5.82 Å². The summed E-state index contributed by atoms with van der Waals surface area (Å²) in [6.45, 7) is 0.755. The average Bonchev–Trinajstić information content (AvgIpc) is 3.23. The molecule has 4 rings (SSSR count). The molecule has 3 aromatic carbocycles. The van der Waals surface area contributed by atoms with Crippen molar-refractivity contribution in [3.05, 3.63) is 84.4 Å². The second-order valence-corrected chi connectivity index (χ2v) is 5.73. The Hall–Kier alpha value is -3.47. The van der Waals surface area contributed by atoms with Crippen LogP contribution in [-0.4, -0.2) is 20.6 Å². The van der Waals surface area contributed by atoms with E-state index < -0.39 is 0 Å². The Morgan fingerprint density at radius 3 is 2.28 bits per heavy atom. The van der Waals surface area contributed by atoms with E-state index in [-0.39, 0.29) is 0 Å². The molecule has 0 aliphatic rings. The van der Waals surface area contributed by atoms with Gasteiger partial charge in [0.25, 0.3) is 0 Å². The highest BCUT2D eigenvalue weighted by atomic mass is 15.5. The lowest BCUT2D eigenvalue weighted by molar-refractivity contribution is 0.881. The summed E-state index contributed by atoms with van der Waals surface area (Å²) in [6, 6.07) is 27.0. The number of tetrazole rings is 1. The molecule has 0 aliphatic carbocycles. The third-order valence-electron chi connectivity index (χ3n) is 4.02. The summed E-state index contributed by atoms with van der Waals surface area (Å²) >= 11 is 0. The Bertz CT molecular complexity index is 932. The SMILES string of the molecule is c1ccc(-c2ccc(CNc3cccc(-c4nn[nH]n4)c3)cc2)cc1. The van der Waals surface area contributed by atoms with E-state index in [1.54, 1.807) is 0 Å². The molecule has 5 heteroatoms. The minimum Gasteiger partial charge on any atom is -0.381 e. The number of nitrogens with one attached hydrogen (secondary N) is 2. The molecule has 0 atom stereocenters. The predicted octanol–water partition coefficient (Wildman–Crippen LogP) is 4.15. The van der Waals surface area contributed by atoms with Crippen LogP contribution >= 0.6 is 0 Å². The fraction of sp³-hybridized carbons (Fsp3) is 0.0500. The molecule has 0 radical (unpaired) electrons. The molecule has 0 spiro atoms. The van der Waals surface area contributed by atoms with Crippen LogP contribution in [0.5, 0.6) is 0 Å². The van der Waals surface area contributed by atoms with Gasteiger partial charge in [-0.05, 0) is 34.0 Å². The van der Waals surface area contributed by atoms with Gasteiger partial charge in [0.2, 0.25) is 5.82 Å². The lowest BCUT2D eigenvalue weighted by Gasteiger charge is -2.08. The Balaban J connectivity index is 1.44. The van der Waals surface area contributed by atoms with Crippen molar-refractivity contribution in [2.24, 2.45) is 0 Å². The lowest BCUT2D eigenvalue weighted by Crippen LogP contribution is -1.99. The first-order valence-electron chi connectivity index (χ1n) is 8.10. The van der Waals surface area contributed by atoms with E-state index in [4.69, 9.17) is 0 Å². The minimum atomic E-state index is 0.593. The van der Waals surface area contributed by atoms with Gasteiger partial charge < -0.3 is 5.32 Å². The molecule has 0 saturated heterocycles. The number of aromatic amines is 1. The number of hydrogen-bond acceptors (Lipinski definition) is 4. The van der Waals surface area contributed by atoms with Crippen LogP contribution in [0.3, 0.4) is 0 Å². The number of aromatic nitrogens is 4. The molecule has 4 aromatic rings. The van der Waals surface area contributed by atoms with Crippen molar-refractivity contribution in [2.75, 3.05) is 5.32 Å². The molecule has 0 bridgehead atoms. The van der Waals surface area contributed by atoms with Gasteiger partial charge in [0.15, 0.2) is 0 Å². The van der Waals surface area contributed by atoms with Crippen molar-refractivity contribution in [1.29, 1.82) is 0 Å². The van der Waals surface area contributed by atoms with Crippen LogP contribution in [0, 0.1) is 0 Å². The average molecular weight is 327 g/mol. The fourth-order valence-corrected chi connectivity index (χ4v) is 2.70. The molecule has 0 unspecified atom stereocenters. The first-order chi connectivity index (χ1) is 12.4. The van der Waals surface area contributed by atoms with Gasteiger partial charge in [0, 0.05) is 17.8 Å². The van der Waals surface area contributed by atoms with Gasteiger partial charge >= 0.3 is 0 Å². The Labute approximate surface area is 145 Å². The van der Waals surface area contributed by atoms with E-state index in [0.717, 1.165) is 17.8 Å². The molecule has 122 valence electrons. The monoisotopic (exact) mass is 327 g/mol. The number of benzene rings is 3. The quantitative estimate of drug-likeness (QED) is 0.578. The van der Waals surface area contributed by atoms with Crippen LogP contribution in [0.15, 0.2) is 78.9 Å². The van der Waals surface area contributed by atoms with E-state index in [2.05, 4.69) is 74.5 Å². The van der Waals surface area contributed by atoms with Crippen LogP contribution in [0.4, 0.5) is 5.69 Å². The molecular formula is C20H17N5. The molecule has 0 saturated carbocycles. The van der Waals surface area contributed by atoms with Crippen molar-refractivity contribution in [3.63, 3.8) is 0 Å². The van der Waals surface area contributed by atoms with E-state index in [9.17, 15) is 0 Å². The minimum absolute atomic E-state index is 0.593. The van der Waals surface area contributed by atoms with Gasteiger partial charge in [0.05, 0.1) is 0 Å². The third kappa shape index (κ3) is 3.55. The lowest BCUT2D eigenvalue weighted by atomic mass is 10.0. The number of nitrogens with zero attached hydrogens (tertiary/aromatic N) is 3. The zero-order chi connectivity index (χ0) is 16.9. The summed E-state index contributed by atoms with van der Waals surface area (Å²) in [4.78, 5) is 0. The van der Waals surface area contributed by atoms with E-state index in [1.807, 2.05) is 30.3 Å². The van der Waals surface area contributed by atoms with Crippen LogP contribution in [0.2, 0.25) is 0 Å². The zero-order valence-corrected chi connectivity index (χ0v) is 13.6. The van der Waals surface area contributed by atoms with Crippen molar-refractivity contribution in [1.82, 2.24) is 20.6 Å². The van der Waals surface area contributed by atoms with E-state index >= 15 is 0 Å². The molecule has 0 fully saturated rings. The largest absolute Gasteiger partial charge is 0.381 e. The highest BCUT2D eigenvalue weighted by Gasteiger charge is 2.03.